The Labute approximate surface area is 150 Å². The zero-order valence-corrected chi connectivity index (χ0v) is 14.1. The molecule has 2 N–H and O–H groups in total. The highest BCUT2D eigenvalue weighted by Crippen LogP contribution is 2.29. The van der Waals surface area contributed by atoms with E-state index in [-0.39, 0.29) is 6.04 Å². The van der Waals surface area contributed by atoms with E-state index in [0.29, 0.717) is 12.2 Å². The number of carbonyl (C=O) groups excluding carboxylic acids is 1. The summed E-state index contributed by atoms with van der Waals surface area (Å²) in [5, 5.41) is 5.37. The topological polar surface area (TPSA) is 44.4 Å². The monoisotopic (exact) mass is 363 g/mol. The number of nitrogens with zero attached hydrogens (tertiary/aromatic N) is 1. The van der Waals surface area contributed by atoms with Crippen molar-refractivity contribution >= 4 is 17.4 Å². The van der Waals surface area contributed by atoms with E-state index in [2.05, 4.69) is 15.5 Å². The van der Waals surface area contributed by atoms with Crippen LogP contribution in [0.2, 0.25) is 0 Å². The fourth-order valence-corrected chi connectivity index (χ4v) is 3.14. The van der Waals surface area contributed by atoms with E-state index in [0.717, 1.165) is 37.2 Å². The first kappa shape index (κ1) is 18.1. The first-order valence-corrected chi connectivity index (χ1v) is 8.47. The lowest BCUT2D eigenvalue weighted by Crippen LogP contribution is -2.41. The van der Waals surface area contributed by atoms with Gasteiger partial charge in [-0.15, -0.1) is 0 Å². The fourth-order valence-electron chi connectivity index (χ4n) is 3.14. The molecule has 1 aliphatic rings. The normalized spacial score (nSPS) is 17.2. The molecule has 1 heterocycles. The highest BCUT2D eigenvalue weighted by molar-refractivity contribution is 5.89. The Morgan fingerprint density at radius 1 is 1.08 bits per heavy atom. The molecule has 7 heteroatoms. The molecule has 0 aliphatic carbocycles. The standard InChI is InChI=1S/C19H20F3N3O/c20-19(21,22)14-8-10-15(11-9-14)24-18(26)23-13-17-7-4-12-25(17)16-5-2-1-3-6-16/h1-3,5-6,8-11,17H,4,7,12-13H2,(H2,23,24,26)/t17-/m0/s1. The number of rotatable bonds is 4. The third-order valence-electron chi connectivity index (χ3n) is 4.43. The molecular weight excluding hydrogens is 343 g/mol. The SMILES string of the molecule is O=C(NC[C@@H]1CCCN1c1ccccc1)Nc1ccc(C(F)(F)F)cc1. The minimum atomic E-state index is -4.38. The Kier molecular flexibility index (Phi) is 5.35. The lowest BCUT2D eigenvalue weighted by molar-refractivity contribution is -0.137. The summed E-state index contributed by atoms with van der Waals surface area (Å²) >= 11 is 0. The number of hydrogen-bond acceptors (Lipinski definition) is 2. The number of amides is 2. The van der Waals surface area contributed by atoms with Gasteiger partial charge in [0.2, 0.25) is 0 Å². The van der Waals surface area contributed by atoms with Gasteiger partial charge in [-0.2, -0.15) is 13.2 Å². The van der Waals surface area contributed by atoms with E-state index in [1.807, 2.05) is 30.3 Å². The molecule has 138 valence electrons. The van der Waals surface area contributed by atoms with Gasteiger partial charge < -0.3 is 15.5 Å². The number of carbonyl (C=O) groups is 1. The maximum atomic E-state index is 12.5. The average Bonchev–Trinajstić information content (AvgIpc) is 3.09. The van der Waals surface area contributed by atoms with Gasteiger partial charge in [-0.25, -0.2) is 4.79 Å². The fraction of sp³-hybridized carbons (Fsp3) is 0.316. The molecule has 1 aliphatic heterocycles. The van der Waals surface area contributed by atoms with Crippen molar-refractivity contribution in [3.63, 3.8) is 0 Å². The molecule has 0 bridgehead atoms. The maximum Gasteiger partial charge on any atom is 0.416 e. The van der Waals surface area contributed by atoms with E-state index < -0.39 is 17.8 Å². The van der Waals surface area contributed by atoms with Crippen LogP contribution in [0.3, 0.4) is 0 Å². The molecule has 0 spiro atoms. The van der Waals surface area contributed by atoms with Crippen LogP contribution in [-0.4, -0.2) is 25.2 Å². The highest BCUT2D eigenvalue weighted by atomic mass is 19.4. The van der Waals surface area contributed by atoms with Crippen molar-refractivity contribution in [3.8, 4) is 0 Å². The zero-order valence-electron chi connectivity index (χ0n) is 14.1. The van der Waals surface area contributed by atoms with Crippen molar-refractivity contribution in [2.24, 2.45) is 0 Å². The Morgan fingerprint density at radius 3 is 2.42 bits per heavy atom. The van der Waals surface area contributed by atoms with Crippen LogP contribution in [0.4, 0.5) is 29.3 Å². The molecule has 1 atom stereocenters. The van der Waals surface area contributed by atoms with E-state index >= 15 is 0 Å². The lowest BCUT2D eigenvalue weighted by atomic mass is 10.2. The molecule has 0 unspecified atom stereocenters. The summed E-state index contributed by atoms with van der Waals surface area (Å²) in [5.41, 5.74) is 0.703. The molecule has 3 rings (SSSR count). The van der Waals surface area contributed by atoms with E-state index in [4.69, 9.17) is 0 Å². The van der Waals surface area contributed by atoms with Gasteiger partial charge in [0.25, 0.3) is 0 Å². The van der Waals surface area contributed by atoms with Crippen LogP contribution in [0.25, 0.3) is 0 Å². The molecule has 2 aromatic carbocycles. The van der Waals surface area contributed by atoms with Gasteiger partial charge in [0.1, 0.15) is 0 Å². The summed E-state index contributed by atoms with van der Waals surface area (Å²) in [6.07, 6.45) is -2.35. The van der Waals surface area contributed by atoms with Gasteiger partial charge in [-0.05, 0) is 49.2 Å². The molecule has 1 saturated heterocycles. The first-order chi connectivity index (χ1) is 12.4. The van der Waals surface area contributed by atoms with E-state index in [1.54, 1.807) is 0 Å². The van der Waals surface area contributed by atoms with Gasteiger partial charge >= 0.3 is 12.2 Å². The van der Waals surface area contributed by atoms with Crippen molar-refractivity contribution in [2.75, 3.05) is 23.3 Å². The van der Waals surface area contributed by atoms with Crippen LogP contribution >= 0.6 is 0 Å². The number of alkyl halides is 3. The number of urea groups is 1. The number of benzene rings is 2. The molecule has 2 aromatic rings. The predicted octanol–water partition coefficient (Wildman–Crippen LogP) is 4.50. The third-order valence-corrected chi connectivity index (χ3v) is 4.43. The molecule has 4 nitrogen and oxygen atoms in total. The largest absolute Gasteiger partial charge is 0.416 e. The molecule has 0 aromatic heterocycles. The highest BCUT2D eigenvalue weighted by Gasteiger charge is 2.30. The summed E-state index contributed by atoms with van der Waals surface area (Å²) in [6.45, 7) is 1.41. The number of halogens is 3. The second-order valence-electron chi connectivity index (χ2n) is 6.24. The number of anilines is 2. The van der Waals surface area contributed by atoms with Crippen molar-refractivity contribution in [1.82, 2.24) is 5.32 Å². The van der Waals surface area contributed by atoms with Crippen LogP contribution in [-0.2, 0) is 6.18 Å². The predicted molar refractivity (Wildman–Crippen MR) is 95.3 cm³/mol. The van der Waals surface area contributed by atoms with Crippen molar-refractivity contribution < 1.29 is 18.0 Å². The number of para-hydroxylation sites is 1. The lowest BCUT2D eigenvalue weighted by Gasteiger charge is -2.27. The quantitative estimate of drug-likeness (QED) is 0.840. The number of hydrogen-bond donors (Lipinski definition) is 2. The number of nitrogens with one attached hydrogen (secondary N) is 2. The summed E-state index contributed by atoms with van der Waals surface area (Å²) < 4.78 is 37.6. The maximum absolute atomic E-state index is 12.5. The second-order valence-corrected chi connectivity index (χ2v) is 6.24. The van der Waals surface area contributed by atoms with Crippen molar-refractivity contribution in [3.05, 3.63) is 60.2 Å². The molecular formula is C19H20F3N3O. The summed E-state index contributed by atoms with van der Waals surface area (Å²) in [4.78, 5) is 14.3. The molecule has 1 fully saturated rings. The van der Waals surface area contributed by atoms with Gasteiger partial charge in [-0.1, -0.05) is 18.2 Å². The van der Waals surface area contributed by atoms with E-state index in [9.17, 15) is 18.0 Å². The Hall–Kier alpha value is -2.70. The molecule has 2 amide bonds. The Morgan fingerprint density at radius 2 is 1.77 bits per heavy atom. The van der Waals surface area contributed by atoms with Crippen LogP contribution in [0.1, 0.15) is 18.4 Å². The average molecular weight is 363 g/mol. The van der Waals surface area contributed by atoms with Crippen LogP contribution in [0.15, 0.2) is 54.6 Å². The van der Waals surface area contributed by atoms with Gasteiger partial charge in [0.05, 0.1) is 5.56 Å². The van der Waals surface area contributed by atoms with Crippen LogP contribution in [0.5, 0.6) is 0 Å². The second kappa shape index (κ2) is 7.68. The smallest absolute Gasteiger partial charge is 0.367 e. The van der Waals surface area contributed by atoms with Gasteiger partial charge in [0, 0.05) is 30.5 Å². The Bertz CT molecular complexity index is 732. The van der Waals surface area contributed by atoms with E-state index in [1.165, 1.54) is 12.1 Å². The minimum absolute atomic E-state index is 0.204. The summed E-state index contributed by atoms with van der Waals surface area (Å²) in [7, 11) is 0. The van der Waals surface area contributed by atoms with Gasteiger partial charge in [-0.3, -0.25) is 0 Å². The third kappa shape index (κ3) is 4.47. The van der Waals surface area contributed by atoms with Crippen molar-refractivity contribution in [2.45, 2.75) is 25.1 Å². The first-order valence-electron chi connectivity index (χ1n) is 8.47. The zero-order chi connectivity index (χ0) is 18.6. The van der Waals surface area contributed by atoms with Gasteiger partial charge in [0.15, 0.2) is 0 Å². The van der Waals surface area contributed by atoms with Crippen LogP contribution in [0, 0.1) is 0 Å². The minimum Gasteiger partial charge on any atom is -0.367 e. The Balaban J connectivity index is 1.52. The molecule has 0 saturated carbocycles. The summed E-state index contributed by atoms with van der Waals surface area (Å²) in [5.74, 6) is 0. The summed E-state index contributed by atoms with van der Waals surface area (Å²) in [6, 6.07) is 14.2. The van der Waals surface area contributed by atoms with Crippen molar-refractivity contribution in [1.29, 1.82) is 0 Å². The van der Waals surface area contributed by atoms with Crippen LogP contribution < -0.4 is 15.5 Å². The molecule has 0 radical (unpaired) electrons. The molecule has 26 heavy (non-hydrogen) atoms.